The third kappa shape index (κ3) is 16.0. The lowest BCUT2D eigenvalue weighted by molar-refractivity contribution is -0.133. The minimum atomic E-state index is -4.57. The zero-order valence-corrected chi connectivity index (χ0v) is 50.9. The number of pyridine rings is 4. The van der Waals surface area contributed by atoms with Gasteiger partial charge in [0.15, 0.2) is 29.1 Å². The Hall–Kier alpha value is -10.8. The number of aromatic nitrogens is 9. The van der Waals surface area contributed by atoms with Gasteiger partial charge in [-0.15, -0.1) is 0 Å². The van der Waals surface area contributed by atoms with Gasteiger partial charge in [-0.2, -0.15) is 31.3 Å². The molecule has 8 amide bonds. The molecule has 0 unspecified atom stereocenters. The number of nitrogens with zero attached hydrogens (tertiary/aromatic N) is 14. The summed E-state index contributed by atoms with van der Waals surface area (Å²) in [5, 5.41) is 30.8. The Labute approximate surface area is 544 Å². The summed E-state index contributed by atoms with van der Waals surface area (Å²) >= 11 is 0. The van der Waals surface area contributed by atoms with E-state index in [4.69, 9.17) is 15.6 Å². The van der Waals surface area contributed by atoms with Gasteiger partial charge in [-0.25, -0.2) is 58.1 Å². The molecule has 3 saturated heterocycles. The summed E-state index contributed by atoms with van der Waals surface area (Å²) in [5.74, 6) is -4.33. The van der Waals surface area contributed by atoms with Crippen LogP contribution in [0.3, 0.4) is 0 Å². The number of alkyl halides is 8. The Morgan fingerprint density at radius 3 is 1.65 bits per heavy atom. The predicted molar refractivity (Wildman–Crippen MR) is 332 cm³/mol. The Morgan fingerprint density at radius 1 is 0.608 bits per heavy atom. The maximum Gasteiger partial charge on any atom is 0.405 e. The third-order valence-electron chi connectivity index (χ3n) is 16.1. The lowest BCUT2D eigenvalue weighted by atomic mass is 10.1. The highest BCUT2D eigenvalue weighted by Crippen LogP contribution is 2.42. The third-order valence-corrected chi connectivity index (χ3v) is 16.1. The fraction of sp³-hybridized carbons (Fsp3) is 0.390. The van der Waals surface area contributed by atoms with Crippen molar-refractivity contribution in [1.29, 1.82) is 0 Å². The largest absolute Gasteiger partial charge is 0.474 e. The number of nitrogens with one attached hydrogen (secondary N) is 6. The maximum absolute atomic E-state index is 13.4. The van der Waals surface area contributed by atoms with E-state index >= 15 is 0 Å². The van der Waals surface area contributed by atoms with Gasteiger partial charge in [0.2, 0.25) is 11.8 Å². The molecule has 38 heteroatoms. The molecule has 0 spiro atoms. The second kappa shape index (κ2) is 28.3. The fourth-order valence-electron chi connectivity index (χ4n) is 11.4. The Bertz CT molecular complexity index is 4070. The molecule has 7 aromatic rings. The number of halogens is 8. The lowest BCUT2D eigenvalue weighted by Gasteiger charge is -2.35. The Kier molecular flexibility index (Phi) is 19.7. The molecule has 13 rings (SSSR count). The van der Waals surface area contributed by atoms with E-state index in [1.165, 1.54) is 45.3 Å². The van der Waals surface area contributed by atoms with Crippen LogP contribution in [0.1, 0.15) is 63.6 Å². The molecule has 6 bridgehead atoms. The van der Waals surface area contributed by atoms with Gasteiger partial charge in [-0.3, -0.25) is 45.0 Å². The summed E-state index contributed by atoms with van der Waals surface area (Å²) < 4.78 is 107. The van der Waals surface area contributed by atoms with Gasteiger partial charge in [-0.1, -0.05) is 6.07 Å². The number of ketones is 1. The molecule has 30 nitrogen and oxygen atoms in total. The highest BCUT2D eigenvalue weighted by molar-refractivity contribution is 6.07. The number of Topliss-reactive ketones (excluding diaryl/α,β-unsaturated/α-hetero) is 1. The average Bonchev–Trinajstić information content (AvgIpc) is 1.72. The second-order valence-corrected chi connectivity index (χ2v) is 22.8. The number of amides is 8. The minimum absolute atomic E-state index is 0.0558. The average molecular weight is 1360 g/mol. The molecule has 6 aliphatic heterocycles. The number of hydrogen-bond donors (Lipinski definition) is 9. The molecule has 0 aliphatic carbocycles. The number of urea groups is 3. The molecule has 10 N–H and O–H groups in total. The molecular formula is C59H61F8N21O9. The molecule has 97 heavy (non-hydrogen) atoms. The molecule has 7 aromatic heterocycles. The molecule has 0 saturated carbocycles. The number of hydrogen-bond acceptors (Lipinski definition) is 21. The maximum atomic E-state index is 13.4. The number of fused-ring (bicyclic) bond motifs is 13. The van der Waals surface area contributed by atoms with Crippen molar-refractivity contribution in [3.05, 3.63) is 109 Å². The van der Waals surface area contributed by atoms with Gasteiger partial charge in [0.25, 0.3) is 17.7 Å². The van der Waals surface area contributed by atoms with E-state index in [2.05, 4.69) is 71.0 Å². The second-order valence-electron chi connectivity index (χ2n) is 22.8. The van der Waals surface area contributed by atoms with Gasteiger partial charge < -0.3 is 51.0 Å². The van der Waals surface area contributed by atoms with E-state index in [-0.39, 0.29) is 71.1 Å². The highest BCUT2D eigenvalue weighted by Gasteiger charge is 2.44. The first kappa shape index (κ1) is 67.7. The van der Waals surface area contributed by atoms with Crippen molar-refractivity contribution in [2.45, 2.75) is 74.6 Å². The van der Waals surface area contributed by atoms with Crippen LogP contribution in [0.4, 0.5) is 102 Å². The van der Waals surface area contributed by atoms with Gasteiger partial charge in [0, 0.05) is 69.7 Å². The number of aliphatic hydroxyl groups excluding tert-OH is 2. The standard InChI is InChI=1S/C20H22F3N7O5.C20H18F3N7O2.C19H21F2N7O2/c21-20(22,23)10-26-18(33)13-1-2-14-17(27-13)30(11-3-4-29(14)7-11)19(34)28-15-5-25-16(6-24-15)35-9-12(32)8-31;21-20(22,23)6-3-15(31)13-1-2-14-17(26-13)30(12-5-8-29(14)10-12)19(32)28-18-25-9-11-4-7-24-16(11)27-18;20-19(21,10-22)11-24-17(29)13-4-5-14-16(25-13)28(12-6-8-27(14)9-12)18(30)26-15-3-1-2-7-23-15/h1-2,5-6,11-12,31-32H,3-4,7-10H2,(H,26,33)(H,24,28,34);1-2,4,7,9,12H,3,5-6,8,10H2,(H2,24,25,27,28,32);1-5,7,12H,6,8-11,22H2,(H,24,29)(H,23,26,30)/t11-,12+;2*12-/m000/s1. The van der Waals surface area contributed by atoms with Crippen molar-refractivity contribution in [2.75, 3.05) is 117 Å². The molecule has 3 fully saturated rings. The zero-order chi connectivity index (χ0) is 68.9. The molecule has 6 aliphatic rings. The van der Waals surface area contributed by atoms with Gasteiger partial charge >= 0.3 is 30.4 Å². The van der Waals surface area contributed by atoms with Crippen molar-refractivity contribution in [3.63, 3.8) is 0 Å². The minimum Gasteiger partial charge on any atom is -0.474 e. The Morgan fingerprint density at radius 2 is 1.14 bits per heavy atom. The van der Waals surface area contributed by atoms with Crippen molar-refractivity contribution < 1.29 is 78.8 Å². The number of carbonyl (C=O) groups is 6. The van der Waals surface area contributed by atoms with Gasteiger partial charge in [-0.05, 0) is 73.9 Å². The van der Waals surface area contributed by atoms with E-state index in [0.29, 0.717) is 79.9 Å². The van der Waals surface area contributed by atoms with Crippen molar-refractivity contribution in [2.24, 2.45) is 5.73 Å². The number of nitrogens with two attached hydrogens (primary N) is 1. The van der Waals surface area contributed by atoms with Gasteiger partial charge in [0.1, 0.15) is 47.8 Å². The fourth-order valence-corrected chi connectivity index (χ4v) is 11.4. The highest BCUT2D eigenvalue weighted by atomic mass is 19.4. The zero-order valence-electron chi connectivity index (χ0n) is 50.9. The number of rotatable bonds is 16. The van der Waals surface area contributed by atoms with E-state index in [0.717, 1.165) is 18.4 Å². The molecule has 512 valence electrons. The quantitative estimate of drug-likeness (QED) is 0.0428. The first-order chi connectivity index (χ1) is 46.3. The van der Waals surface area contributed by atoms with Crippen LogP contribution in [0.15, 0.2) is 91.6 Å². The summed E-state index contributed by atoms with van der Waals surface area (Å²) in [6, 6.07) is 13.9. The first-order valence-corrected chi connectivity index (χ1v) is 30.2. The molecule has 0 aromatic carbocycles. The van der Waals surface area contributed by atoms with Gasteiger partial charge in [0.05, 0.1) is 73.7 Å². The van der Waals surface area contributed by atoms with Crippen LogP contribution < -0.4 is 66.5 Å². The van der Waals surface area contributed by atoms with Crippen LogP contribution in [-0.4, -0.2) is 205 Å². The lowest BCUT2D eigenvalue weighted by Crippen LogP contribution is -2.48. The first-order valence-electron chi connectivity index (χ1n) is 30.2. The van der Waals surface area contributed by atoms with Crippen LogP contribution in [0.2, 0.25) is 0 Å². The SMILES string of the molecule is NCC(F)(F)CNC(=O)c1ccc2c(n1)N(C(=O)Nc1ccccn1)[C@H]1CCN2C1.O=C(CCC(F)(F)F)c1ccc2c(n1)N(C(=O)Nc1ncc3cc[nH]c3n1)[C@H]1CCN2C1.O=C(NCC(F)(F)F)c1ccc2c(n1)N(C(=O)Nc1cnc(OC[C@H](O)CO)cn1)[C@H]1CCN2C1. The molecule has 13 heterocycles. The number of H-pyrrole nitrogens is 1. The van der Waals surface area contributed by atoms with Crippen molar-refractivity contribution >= 4 is 98.8 Å². The van der Waals surface area contributed by atoms with Crippen molar-refractivity contribution in [1.82, 2.24) is 55.5 Å². The van der Waals surface area contributed by atoms with E-state index in [1.807, 2.05) is 9.80 Å². The van der Waals surface area contributed by atoms with E-state index in [1.54, 1.807) is 66.4 Å². The summed E-state index contributed by atoms with van der Waals surface area (Å²) in [4.78, 5) is 123. The normalized spacial score (nSPS) is 17.5. The predicted octanol–water partition coefficient (Wildman–Crippen LogP) is 5.47. The molecule has 0 radical (unpaired) electrons. The van der Waals surface area contributed by atoms with Crippen LogP contribution in [-0.2, 0) is 0 Å². The van der Waals surface area contributed by atoms with Crippen molar-refractivity contribution in [3.8, 4) is 5.88 Å². The Balaban J connectivity index is 0.000000148. The van der Waals surface area contributed by atoms with Crippen LogP contribution in [0.25, 0.3) is 11.0 Å². The smallest absolute Gasteiger partial charge is 0.405 e. The number of aliphatic hydroxyl groups is 2. The number of anilines is 9. The van der Waals surface area contributed by atoms with Crippen LogP contribution >= 0.6 is 0 Å². The summed E-state index contributed by atoms with van der Waals surface area (Å²) in [6.45, 7) is -0.0401. The summed E-state index contributed by atoms with van der Waals surface area (Å²) in [6.07, 6.45) is -2.61. The number of ether oxygens (including phenoxy) is 1. The van der Waals surface area contributed by atoms with Crippen LogP contribution in [0, 0.1) is 0 Å². The van der Waals surface area contributed by atoms with Crippen LogP contribution in [0.5, 0.6) is 5.88 Å². The van der Waals surface area contributed by atoms with E-state index in [9.17, 15) is 69.0 Å². The molecule has 4 atom stereocenters. The monoisotopic (exact) mass is 1360 g/mol. The number of aromatic amines is 1. The molecular weight excluding hydrogens is 1300 g/mol. The number of carbonyl (C=O) groups excluding carboxylic acids is 6. The topological polar surface area (TPSA) is 377 Å². The summed E-state index contributed by atoms with van der Waals surface area (Å²) in [5.41, 5.74) is 7.11. The summed E-state index contributed by atoms with van der Waals surface area (Å²) in [7, 11) is 0. The van der Waals surface area contributed by atoms with E-state index < -0.39 is 99.2 Å².